The molecule has 0 saturated heterocycles. The Hall–Kier alpha value is -0.840. The standard InChI is InChI=1S/C9H15O6P/c1-4-14-9(15-5-2,8(11)16-12)6-13-7(3)10/h4-6H2,1-3H3. The van der Waals surface area contributed by atoms with Crippen LogP contribution in [0.1, 0.15) is 20.8 Å². The highest BCUT2D eigenvalue weighted by Crippen LogP contribution is 2.21. The molecular weight excluding hydrogens is 235 g/mol. The summed E-state index contributed by atoms with van der Waals surface area (Å²) in [5, 5.41) is 0. The molecule has 0 atom stereocenters. The third-order valence-corrected chi connectivity index (χ3v) is 2.14. The average Bonchev–Trinajstić information content (AvgIpc) is 2.25. The lowest BCUT2D eigenvalue weighted by Crippen LogP contribution is -2.47. The van der Waals surface area contributed by atoms with Crippen LogP contribution in [0.5, 0.6) is 0 Å². The summed E-state index contributed by atoms with van der Waals surface area (Å²) >= 11 is 0. The van der Waals surface area contributed by atoms with Crippen LogP contribution >= 0.6 is 8.46 Å². The molecule has 92 valence electrons. The molecule has 0 radical (unpaired) electrons. The maximum Gasteiger partial charge on any atom is 0.302 e. The van der Waals surface area contributed by atoms with E-state index in [1.165, 1.54) is 6.92 Å². The molecule has 0 heterocycles. The predicted octanol–water partition coefficient (Wildman–Crippen LogP) is 1.14. The molecule has 0 aromatic carbocycles. The van der Waals surface area contributed by atoms with Crippen LogP contribution in [0.15, 0.2) is 0 Å². The van der Waals surface area contributed by atoms with Crippen LogP contribution in [0, 0.1) is 0 Å². The minimum absolute atomic E-state index is 0.169. The molecule has 0 fully saturated rings. The molecule has 0 bridgehead atoms. The van der Waals surface area contributed by atoms with E-state index in [0.717, 1.165) is 0 Å². The lowest BCUT2D eigenvalue weighted by atomic mass is 10.3. The maximum absolute atomic E-state index is 11.5. The minimum atomic E-state index is -1.77. The molecule has 7 heteroatoms. The van der Waals surface area contributed by atoms with Crippen molar-refractivity contribution >= 4 is 20.0 Å². The largest absolute Gasteiger partial charge is 0.460 e. The van der Waals surface area contributed by atoms with Crippen molar-refractivity contribution in [2.45, 2.75) is 26.6 Å². The summed E-state index contributed by atoms with van der Waals surface area (Å²) in [6.07, 6.45) is 0. The highest BCUT2D eigenvalue weighted by atomic mass is 31.1. The van der Waals surface area contributed by atoms with E-state index in [1.54, 1.807) is 13.8 Å². The summed E-state index contributed by atoms with van der Waals surface area (Å²) < 4.78 is 25.5. The molecule has 0 aliphatic heterocycles. The number of rotatable bonds is 8. The first kappa shape index (κ1) is 15.2. The third-order valence-electron chi connectivity index (χ3n) is 1.63. The first-order chi connectivity index (χ1) is 7.52. The maximum atomic E-state index is 11.5. The number of ether oxygens (including phenoxy) is 3. The monoisotopic (exact) mass is 250 g/mol. The summed E-state index contributed by atoms with van der Waals surface area (Å²) in [4.78, 5) is 22.1. The predicted molar refractivity (Wildman–Crippen MR) is 55.2 cm³/mol. The van der Waals surface area contributed by atoms with E-state index in [1.807, 2.05) is 0 Å². The van der Waals surface area contributed by atoms with E-state index in [2.05, 4.69) is 4.74 Å². The number of hydrogen-bond donors (Lipinski definition) is 0. The molecule has 0 N–H and O–H groups in total. The van der Waals surface area contributed by atoms with E-state index < -0.39 is 32.3 Å². The topological polar surface area (TPSA) is 78.9 Å². The normalized spacial score (nSPS) is 11.4. The van der Waals surface area contributed by atoms with Gasteiger partial charge in [-0.25, -0.2) is 0 Å². The molecule has 0 aromatic heterocycles. The minimum Gasteiger partial charge on any atom is -0.460 e. The van der Waals surface area contributed by atoms with Gasteiger partial charge in [-0.05, 0) is 13.8 Å². The highest BCUT2D eigenvalue weighted by molar-refractivity contribution is 7.46. The zero-order valence-corrected chi connectivity index (χ0v) is 10.4. The summed E-state index contributed by atoms with van der Waals surface area (Å²) in [5.74, 6) is -2.34. The number of carbonyl (C=O) groups excluding carboxylic acids is 2. The Labute approximate surface area is 95.4 Å². The second-order valence-corrected chi connectivity index (χ2v) is 3.38. The lowest BCUT2D eigenvalue weighted by Gasteiger charge is -2.28. The first-order valence-corrected chi connectivity index (χ1v) is 5.62. The van der Waals surface area contributed by atoms with Crippen LogP contribution in [0.4, 0.5) is 0 Å². The van der Waals surface area contributed by atoms with Gasteiger partial charge in [0.25, 0.3) is 11.3 Å². The molecule has 0 aliphatic carbocycles. The molecule has 6 nitrogen and oxygen atoms in total. The fourth-order valence-electron chi connectivity index (χ4n) is 1.04. The van der Waals surface area contributed by atoms with Gasteiger partial charge in [-0.2, -0.15) is 0 Å². The van der Waals surface area contributed by atoms with E-state index in [4.69, 9.17) is 9.47 Å². The lowest BCUT2D eigenvalue weighted by molar-refractivity contribution is -0.237. The number of hydrogen-bond acceptors (Lipinski definition) is 6. The van der Waals surface area contributed by atoms with Crippen LogP contribution < -0.4 is 0 Å². The Morgan fingerprint density at radius 2 is 1.69 bits per heavy atom. The van der Waals surface area contributed by atoms with Gasteiger partial charge in [-0.15, -0.1) is 0 Å². The Morgan fingerprint density at radius 1 is 1.19 bits per heavy atom. The van der Waals surface area contributed by atoms with Crippen LogP contribution in [0.25, 0.3) is 0 Å². The number of esters is 1. The summed E-state index contributed by atoms with van der Waals surface area (Å²) in [5.41, 5.74) is -0.808. The first-order valence-electron chi connectivity index (χ1n) is 4.81. The zero-order valence-electron chi connectivity index (χ0n) is 9.52. The Morgan fingerprint density at radius 3 is 2.00 bits per heavy atom. The number of carbonyl (C=O) groups is 2. The van der Waals surface area contributed by atoms with E-state index in [-0.39, 0.29) is 13.2 Å². The van der Waals surface area contributed by atoms with Crippen molar-refractivity contribution in [3.05, 3.63) is 0 Å². The zero-order chi connectivity index (χ0) is 12.6. The molecule has 0 unspecified atom stereocenters. The van der Waals surface area contributed by atoms with Gasteiger partial charge in [0, 0.05) is 20.1 Å². The Balaban J connectivity index is 4.83. The Kier molecular flexibility index (Phi) is 7.05. The van der Waals surface area contributed by atoms with Crippen LogP contribution in [0.2, 0.25) is 0 Å². The average molecular weight is 250 g/mol. The molecule has 0 rings (SSSR count). The summed E-state index contributed by atoms with van der Waals surface area (Å²) in [6, 6.07) is 0. The molecular formula is C9H15O6P. The Bertz CT molecular complexity index is 259. The van der Waals surface area contributed by atoms with Gasteiger partial charge in [0.15, 0.2) is 6.61 Å². The molecule has 0 spiro atoms. The van der Waals surface area contributed by atoms with Gasteiger partial charge in [-0.3, -0.25) is 14.2 Å². The quantitative estimate of drug-likeness (QED) is 0.365. The van der Waals surface area contributed by atoms with Gasteiger partial charge >= 0.3 is 5.97 Å². The van der Waals surface area contributed by atoms with Crippen molar-refractivity contribution in [3.8, 4) is 0 Å². The second-order valence-electron chi connectivity index (χ2n) is 2.80. The third kappa shape index (κ3) is 4.35. The molecule has 16 heavy (non-hydrogen) atoms. The van der Waals surface area contributed by atoms with Crippen molar-refractivity contribution in [1.29, 1.82) is 0 Å². The van der Waals surface area contributed by atoms with Gasteiger partial charge in [0.1, 0.15) is 0 Å². The molecule has 0 aromatic rings. The molecule has 0 aliphatic rings. The van der Waals surface area contributed by atoms with Gasteiger partial charge < -0.3 is 14.2 Å². The molecule has 0 amide bonds. The van der Waals surface area contributed by atoms with Crippen molar-refractivity contribution in [2.24, 2.45) is 0 Å². The fraction of sp³-hybridized carbons (Fsp3) is 0.778. The van der Waals surface area contributed by atoms with E-state index >= 15 is 0 Å². The van der Waals surface area contributed by atoms with Crippen molar-refractivity contribution in [2.75, 3.05) is 19.8 Å². The van der Waals surface area contributed by atoms with Crippen LogP contribution in [-0.4, -0.2) is 37.1 Å². The van der Waals surface area contributed by atoms with Crippen molar-refractivity contribution in [3.63, 3.8) is 0 Å². The SMILES string of the molecule is CCOC(COC(C)=O)(OCC)C(=O)P=O. The van der Waals surface area contributed by atoms with E-state index in [0.29, 0.717) is 0 Å². The summed E-state index contributed by atoms with van der Waals surface area (Å²) in [6.45, 7) is 4.43. The van der Waals surface area contributed by atoms with Gasteiger partial charge in [0.2, 0.25) is 8.46 Å². The second kappa shape index (κ2) is 7.44. The van der Waals surface area contributed by atoms with E-state index in [9.17, 15) is 14.2 Å². The highest BCUT2D eigenvalue weighted by Gasteiger charge is 2.42. The summed E-state index contributed by atoms with van der Waals surface area (Å²) in [7, 11) is -0.746. The van der Waals surface area contributed by atoms with Crippen LogP contribution in [0.3, 0.4) is 0 Å². The smallest absolute Gasteiger partial charge is 0.302 e. The fourth-order valence-corrected chi connectivity index (χ4v) is 1.38. The van der Waals surface area contributed by atoms with Gasteiger partial charge in [-0.1, -0.05) is 0 Å². The van der Waals surface area contributed by atoms with Gasteiger partial charge in [0.05, 0.1) is 0 Å². The van der Waals surface area contributed by atoms with Crippen molar-refractivity contribution in [1.82, 2.24) is 0 Å². The molecule has 0 saturated carbocycles. The van der Waals surface area contributed by atoms with Crippen LogP contribution in [-0.2, 0) is 28.4 Å². The van der Waals surface area contributed by atoms with Crippen molar-refractivity contribution < 1.29 is 28.4 Å².